The summed E-state index contributed by atoms with van der Waals surface area (Å²) in [5.74, 6) is -1.49. The van der Waals surface area contributed by atoms with E-state index in [-0.39, 0.29) is 19.0 Å². The third-order valence-corrected chi connectivity index (χ3v) is 1.95. The smallest absolute Gasteiger partial charge is 0.315 e. The summed E-state index contributed by atoms with van der Waals surface area (Å²) in [5, 5.41) is 25.1. The van der Waals surface area contributed by atoms with Gasteiger partial charge < -0.3 is 26.2 Å². The van der Waals surface area contributed by atoms with Crippen LogP contribution in [-0.4, -0.2) is 53.4 Å². The fourth-order valence-corrected chi connectivity index (χ4v) is 1.14. The van der Waals surface area contributed by atoms with E-state index >= 15 is 0 Å². The number of hydrogen-bond acceptors (Lipinski definition) is 4. The van der Waals surface area contributed by atoms with Crippen LogP contribution in [-0.2, 0) is 9.59 Å². The van der Waals surface area contributed by atoms with Crippen LogP contribution >= 0.6 is 0 Å². The average molecular weight is 261 g/mol. The lowest BCUT2D eigenvalue weighted by atomic mass is 10.0. The zero-order valence-electron chi connectivity index (χ0n) is 10.4. The first-order valence-electron chi connectivity index (χ1n) is 5.49. The Morgan fingerprint density at radius 3 is 2.28 bits per heavy atom. The molecule has 0 aliphatic rings. The standard InChI is InChI=1S/C10H19N3O5/c1-3-11-7(14)5-12-9(17)13-6-10(2,18)4-8(15)16/h18H,3-6H2,1-2H3,(H,11,14)(H,15,16)(H2,12,13,17). The minimum absolute atomic E-state index is 0.180. The van der Waals surface area contributed by atoms with Gasteiger partial charge in [-0.2, -0.15) is 0 Å². The summed E-state index contributed by atoms with van der Waals surface area (Å²) >= 11 is 0. The fraction of sp³-hybridized carbons (Fsp3) is 0.700. The molecule has 1 unspecified atom stereocenters. The van der Waals surface area contributed by atoms with E-state index in [4.69, 9.17) is 5.11 Å². The maximum absolute atomic E-state index is 11.2. The zero-order valence-corrected chi connectivity index (χ0v) is 10.4. The van der Waals surface area contributed by atoms with Crippen LogP contribution in [0.15, 0.2) is 0 Å². The number of urea groups is 1. The van der Waals surface area contributed by atoms with E-state index < -0.39 is 24.0 Å². The number of nitrogens with one attached hydrogen (secondary N) is 3. The normalized spacial score (nSPS) is 13.3. The number of likely N-dealkylation sites (N-methyl/N-ethyl adjacent to an activating group) is 1. The van der Waals surface area contributed by atoms with E-state index in [0.717, 1.165) is 0 Å². The van der Waals surface area contributed by atoms with Crippen LogP contribution in [0.25, 0.3) is 0 Å². The second-order valence-electron chi connectivity index (χ2n) is 4.06. The van der Waals surface area contributed by atoms with Crippen LogP contribution in [0, 0.1) is 0 Å². The minimum atomic E-state index is -1.53. The Kier molecular flexibility index (Phi) is 6.73. The van der Waals surface area contributed by atoms with Crippen molar-refractivity contribution in [3.05, 3.63) is 0 Å². The molecule has 0 radical (unpaired) electrons. The molecule has 3 amide bonds. The van der Waals surface area contributed by atoms with Gasteiger partial charge in [-0.15, -0.1) is 0 Å². The third-order valence-electron chi connectivity index (χ3n) is 1.95. The molecule has 0 aliphatic heterocycles. The summed E-state index contributed by atoms with van der Waals surface area (Å²) in [7, 11) is 0. The Bertz CT molecular complexity index is 317. The molecular weight excluding hydrogens is 242 g/mol. The summed E-state index contributed by atoms with van der Waals surface area (Å²) in [6.45, 7) is 3.11. The number of aliphatic carboxylic acids is 1. The third kappa shape index (κ3) is 8.34. The van der Waals surface area contributed by atoms with Gasteiger partial charge in [0.1, 0.15) is 0 Å². The lowest BCUT2D eigenvalue weighted by Gasteiger charge is -2.21. The van der Waals surface area contributed by atoms with Crippen molar-refractivity contribution in [2.24, 2.45) is 0 Å². The van der Waals surface area contributed by atoms with Crippen molar-refractivity contribution in [3.63, 3.8) is 0 Å². The molecule has 104 valence electrons. The van der Waals surface area contributed by atoms with Crippen LogP contribution < -0.4 is 16.0 Å². The highest BCUT2D eigenvalue weighted by atomic mass is 16.4. The quantitative estimate of drug-likeness (QED) is 0.387. The minimum Gasteiger partial charge on any atom is -0.481 e. The van der Waals surface area contributed by atoms with Crippen molar-refractivity contribution in [2.75, 3.05) is 19.6 Å². The largest absolute Gasteiger partial charge is 0.481 e. The van der Waals surface area contributed by atoms with Crippen molar-refractivity contribution < 1.29 is 24.6 Å². The van der Waals surface area contributed by atoms with Gasteiger partial charge in [0.25, 0.3) is 0 Å². The number of carboxylic acid groups (broad SMARTS) is 1. The van der Waals surface area contributed by atoms with E-state index in [2.05, 4.69) is 16.0 Å². The van der Waals surface area contributed by atoms with Crippen molar-refractivity contribution in [1.29, 1.82) is 0 Å². The topological polar surface area (TPSA) is 128 Å². The molecule has 0 rings (SSSR count). The maximum Gasteiger partial charge on any atom is 0.315 e. The molecule has 0 heterocycles. The van der Waals surface area contributed by atoms with Gasteiger partial charge >= 0.3 is 12.0 Å². The van der Waals surface area contributed by atoms with Crippen LogP contribution in [0.5, 0.6) is 0 Å². The van der Waals surface area contributed by atoms with Crippen LogP contribution in [0.2, 0.25) is 0 Å². The van der Waals surface area contributed by atoms with Gasteiger partial charge in [-0.05, 0) is 13.8 Å². The first kappa shape index (κ1) is 16.2. The Morgan fingerprint density at radius 2 is 1.78 bits per heavy atom. The molecule has 0 bridgehead atoms. The number of carbonyl (C=O) groups is 3. The predicted octanol–water partition coefficient (Wildman–Crippen LogP) is -1.35. The molecule has 0 spiro atoms. The van der Waals surface area contributed by atoms with Gasteiger partial charge in [-0.1, -0.05) is 0 Å². The molecule has 5 N–H and O–H groups in total. The van der Waals surface area contributed by atoms with Crippen molar-refractivity contribution in [1.82, 2.24) is 16.0 Å². The zero-order chi connectivity index (χ0) is 14.2. The van der Waals surface area contributed by atoms with Gasteiger partial charge in [0.05, 0.1) is 18.6 Å². The Hall–Kier alpha value is -1.83. The van der Waals surface area contributed by atoms with Gasteiger partial charge in [-0.3, -0.25) is 9.59 Å². The van der Waals surface area contributed by atoms with Crippen molar-refractivity contribution >= 4 is 17.9 Å². The first-order valence-corrected chi connectivity index (χ1v) is 5.49. The van der Waals surface area contributed by atoms with Crippen LogP contribution in [0.1, 0.15) is 20.3 Å². The average Bonchev–Trinajstić information content (AvgIpc) is 2.22. The highest BCUT2D eigenvalue weighted by molar-refractivity contribution is 5.83. The molecule has 0 saturated heterocycles. The molecule has 0 aliphatic carbocycles. The molecule has 18 heavy (non-hydrogen) atoms. The second kappa shape index (κ2) is 7.49. The molecule has 1 atom stereocenters. The van der Waals surface area contributed by atoms with Crippen molar-refractivity contribution in [3.8, 4) is 0 Å². The fourth-order valence-electron chi connectivity index (χ4n) is 1.14. The van der Waals surface area contributed by atoms with Crippen LogP contribution in [0.4, 0.5) is 4.79 Å². The van der Waals surface area contributed by atoms with Gasteiger partial charge in [0.15, 0.2) is 0 Å². The molecule has 0 aromatic carbocycles. The summed E-state index contributed by atoms with van der Waals surface area (Å²) in [5.41, 5.74) is -1.53. The highest BCUT2D eigenvalue weighted by Gasteiger charge is 2.24. The summed E-state index contributed by atoms with van der Waals surface area (Å²) in [6, 6.07) is -0.646. The van der Waals surface area contributed by atoms with E-state index in [1.54, 1.807) is 6.92 Å². The maximum atomic E-state index is 11.2. The van der Waals surface area contributed by atoms with E-state index in [9.17, 15) is 19.5 Å². The number of amides is 3. The van der Waals surface area contributed by atoms with Crippen molar-refractivity contribution in [2.45, 2.75) is 25.9 Å². The first-order chi connectivity index (χ1) is 8.26. The Balaban J connectivity index is 3.89. The van der Waals surface area contributed by atoms with Gasteiger partial charge in [-0.25, -0.2) is 4.79 Å². The lowest BCUT2D eigenvalue weighted by Crippen LogP contribution is -2.47. The monoisotopic (exact) mass is 261 g/mol. The van der Waals surface area contributed by atoms with E-state index in [1.165, 1.54) is 6.92 Å². The highest BCUT2D eigenvalue weighted by Crippen LogP contribution is 2.06. The number of carbonyl (C=O) groups excluding carboxylic acids is 2. The van der Waals surface area contributed by atoms with E-state index in [1.807, 2.05) is 0 Å². The predicted molar refractivity (Wildman–Crippen MR) is 63.0 cm³/mol. The number of carboxylic acids is 1. The van der Waals surface area contributed by atoms with Gasteiger partial charge in [0.2, 0.25) is 5.91 Å². The Morgan fingerprint density at radius 1 is 1.17 bits per heavy atom. The number of hydrogen-bond donors (Lipinski definition) is 5. The summed E-state index contributed by atoms with van der Waals surface area (Å²) < 4.78 is 0. The van der Waals surface area contributed by atoms with Gasteiger partial charge in [0, 0.05) is 13.1 Å². The summed E-state index contributed by atoms with van der Waals surface area (Å²) in [6.07, 6.45) is -0.483. The molecule has 0 saturated carbocycles. The molecule has 0 aromatic rings. The summed E-state index contributed by atoms with van der Waals surface area (Å²) in [4.78, 5) is 32.6. The molecule has 8 heteroatoms. The number of aliphatic hydroxyl groups is 1. The van der Waals surface area contributed by atoms with Crippen LogP contribution in [0.3, 0.4) is 0 Å². The second-order valence-corrected chi connectivity index (χ2v) is 4.06. The number of rotatable bonds is 7. The molecular formula is C10H19N3O5. The molecule has 8 nitrogen and oxygen atoms in total. The SMILES string of the molecule is CCNC(=O)CNC(=O)NCC(C)(O)CC(=O)O. The van der Waals surface area contributed by atoms with E-state index in [0.29, 0.717) is 6.54 Å². The Labute approximate surface area is 105 Å². The molecule has 0 fully saturated rings. The molecule has 0 aromatic heterocycles. The lowest BCUT2D eigenvalue weighted by molar-refractivity contribution is -0.141.